The highest BCUT2D eigenvalue weighted by molar-refractivity contribution is 5.72. The summed E-state index contributed by atoms with van der Waals surface area (Å²) in [5, 5.41) is 0. The third kappa shape index (κ3) is 9.62. The predicted octanol–water partition coefficient (Wildman–Crippen LogP) is 8.41. The van der Waals surface area contributed by atoms with Crippen LogP contribution in [0, 0.1) is 17.7 Å². The first-order valence-electron chi connectivity index (χ1n) is 12.6. The maximum atomic E-state index is 14.3. The van der Waals surface area contributed by atoms with Gasteiger partial charge in [0.25, 0.3) is 0 Å². The molecule has 1 aliphatic carbocycles. The van der Waals surface area contributed by atoms with Crippen LogP contribution in [-0.4, -0.2) is 5.97 Å². The van der Waals surface area contributed by atoms with Crippen LogP contribution in [0.4, 0.5) is 4.39 Å². The lowest BCUT2D eigenvalue weighted by atomic mass is 9.78. The molecular weight excluding hydrogens is 375 g/mol. The molecule has 0 N–H and O–H groups in total. The van der Waals surface area contributed by atoms with E-state index in [2.05, 4.69) is 13.8 Å². The number of ether oxygens (including phenoxy) is 1. The molecule has 2 nitrogen and oxygen atoms in total. The summed E-state index contributed by atoms with van der Waals surface area (Å²) in [7, 11) is 0. The SMILES string of the molecule is CCCCCCCc1ccc(OC(=O)CC[C@H]2CC[C@H](CCCCC)CC2)cc1F. The van der Waals surface area contributed by atoms with Crippen molar-refractivity contribution in [1.82, 2.24) is 0 Å². The van der Waals surface area contributed by atoms with Crippen LogP contribution >= 0.6 is 0 Å². The minimum absolute atomic E-state index is 0.230. The molecule has 1 aliphatic rings. The number of aryl methyl sites for hydroxylation is 1. The molecule has 1 fully saturated rings. The van der Waals surface area contributed by atoms with Crippen LogP contribution in [-0.2, 0) is 11.2 Å². The van der Waals surface area contributed by atoms with Crippen LogP contribution in [0.15, 0.2) is 18.2 Å². The van der Waals surface area contributed by atoms with Crippen LogP contribution in [0.25, 0.3) is 0 Å². The average Bonchev–Trinajstić information content (AvgIpc) is 2.74. The Labute approximate surface area is 184 Å². The molecule has 3 heteroatoms. The Morgan fingerprint density at radius 3 is 2.20 bits per heavy atom. The van der Waals surface area contributed by atoms with Gasteiger partial charge in [0.05, 0.1) is 0 Å². The lowest BCUT2D eigenvalue weighted by Crippen LogP contribution is -2.17. The zero-order valence-electron chi connectivity index (χ0n) is 19.4. The second-order valence-electron chi connectivity index (χ2n) is 9.31. The molecule has 1 aromatic carbocycles. The van der Waals surface area contributed by atoms with E-state index in [-0.39, 0.29) is 11.8 Å². The molecule has 0 saturated heterocycles. The number of rotatable bonds is 14. The van der Waals surface area contributed by atoms with Gasteiger partial charge in [-0.15, -0.1) is 0 Å². The number of carbonyl (C=O) groups is 1. The van der Waals surface area contributed by atoms with E-state index in [9.17, 15) is 9.18 Å². The smallest absolute Gasteiger partial charge is 0.311 e. The van der Waals surface area contributed by atoms with Crippen molar-refractivity contribution < 1.29 is 13.9 Å². The molecule has 0 spiro atoms. The molecule has 1 saturated carbocycles. The number of hydrogen-bond acceptors (Lipinski definition) is 2. The molecule has 0 unspecified atom stereocenters. The van der Waals surface area contributed by atoms with Gasteiger partial charge in [0.2, 0.25) is 0 Å². The van der Waals surface area contributed by atoms with Gasteiger partial charge < -0.3 is 4.74 Å². The van der Waals surface area contributed by atoms with Crippen LogP contribution in [0.5, 0.6) is 5.75 Å². The van der Waals surface area contributed by atoms with Gasteiger partial charge in [-0.05, 0) is 42.7 Å². The molecule has 30 heavy (non-hydrogen) atoms. The molecular formula is C27H43FO2. The summed E-state index contributed by atoms with van der Waals surface area (Å²) in [6.45, 7) is 4.45. The molecule has 170 valence electrons. The summed E-state index contributed by atoms with van der Waals surface area (Å²) in [5.74, 6) is 1.40. The average molecular weight is 419 g/mol. The van der Waals surface area contributed by atoms with Crippen LogP contribution in [0.3, 0.4) is 0 Å². The van der Waals surface area contributed by atoms with Gasteiger partial charge in [0.15, 0.2) is 0 Å². The molecule has 1 aromatic rings. The third-order valence-corrected chi connectivity index (χ3v) is 6.74. The minimum Gasteiger partial charge on any atom is -0.426 e. The first-order valence-corrected chi connectivity index (χ1v) is 12.6. The quantitative estimate of drug-likeness (QED) is 0.172. The van der Waals surface area contributed by atoms with Crippen molar-refractivity contribution in [1.29, 1.82) is 0 Å². The summed E-state index contributed by atoms with van der Waals surface area (Å²) in [6, 6.07) is 4.89. The molecule has 0 radical (unpaired) electrons. The molecule has 0 atom stereocenters. The minimum atomic E-state index is -0.253. The number of hydrogen-bond donors (Lipinski definition) is 0. The van der Waals surface area contributed by atoms with Crippen molar-refractivity contribution in [3.8, 4) is 5.75 Å². The van der Waals surface area contributed by atoms with E-state index >= 15 is 0 Å². The van der Waals surface area contributed by atoms with E-state index in [4.69, 9.17) is 4.74 Å². The van der Waals surface area contributed by atoms with Crippen molar-refractivity contribution in [2.45, 2.75) is 117 Å². The fourth-order valence-electron chi connectivity index (χ4n) is 4.71. The standard InChI is InChI=1S/C27H43FO2/c1-3-5-7-8-10-12-24-18-19-25(21-26(24)28)30-27(29)20-17-23-15-13-22(14-16-23)11-9-6-4-2/h18-19,21-23H,3-17,20H2,1-2H3/t22-,23-. The number of halogens is 1. The van der Waals surface area contributed by atoms with E-state index in [1.54, 1.807) is 12.1 Å². The summed E-state index contributed by atoms with van der Waals surface area (Å²) in [5.41, 5.74) is 0.724. The van der Waals surface area contributed by atoms with Crippen molar-refractivity contribution in [3.05, 3.63) is 29.6 Å². The van der Waals surface area contributed by atoms with E-state index in [1.807, 2.05) is 0 Å². The normalized spacial score (nSPS) is 19.0. The summed E-state index contributed by atoms with van der Waals surface area (Å²) in [4.78, 5) is 12.2. The van der Waals surface area contributed by atoms with E-state index in [0.29, 0.717) is 18.1 Å². The zero-order valence-corrected chi connectivity index (χ0v) is 19.4. The maximum absolute atomic E-state index is 14.3. The number of unbranched alkanes of at least 4 members (excludes halogenated alkanes) is 6. The lowest BCUT2D eigenvalue weighted by molar-refractivity contribution is -0.134. The Morgan fingerprint density at radius 1 is 0.900 bits per heavy atom. The highest BCUT2D eigenvalue weighted by Gasteiger charge is 2.21. The molecule has 0 aromatic heterocycles. The van der Waals surface area contributed by atoms with Crippen LogP contribution in [0.2, 0.25) is 0 Å². The number of esters is 1. The summed E-state index contributed by atoms with van der Waals surface area (Å²) >= 11 is 0. The summed E-state index contributed by atoms with van der Waals surface area (Å²) < 4.78 is 19.7. The molecule has 2 rings (SSSR count). The molecule has 0 bridgehead atoms. The van der Waals surface area contributed by atoms with Gasteiger partial charge in [-0.25, -0.2) is 4.39 Å². The van der Waals surface area contributed by atoms with Crippen LogP contribution in [0.1, 0.15) is 116 Å². The zero-order chi connectivity index (χ0) is 21.6. The third-order valence-electron chi connectivity index (χ3n) is 6.74. The molecule has 0 amide bonds. The maximum Gasteiger partial charge on any atom is 0.311 e. The van der Waals surface area contributed by atoms with Gasteiger partial charge in [-0.3, -0.25) is 4.79 Å². The topological polar surface area (TPSA) is 26.3 Å². The van der Waals surface area contributed by atoms with Gasteiger partial charge >= 0.3 is 5.97 Å². The highest BCUT2D eigenvalue weighted by atomic mass is 19.1. The Hall–Kier alpha value is -1.38. The van der Waals surface area contributed by atoms with Crippen molar-refractivity contribution in [2.75, 3.05) is 0 Å². The lowest BCUT2D eigenvalue weighted by Gasteiger charge is -2.28. The first kappa shape index (κ1) is 24.9. The van der Waals surface area contributed by atoms with Crippen molar-refractivity contribution in [2.24, 2.45) is 11.8 Å². The fraction of sp³-hybridized carbons (Fsp3) is 0.741. The Kier molecular flexibility index (Phi) is 12.1. The predicted molar refractivity (Wildman–Crippen MR) is 123 cm³/mol. The Balaban J connectivity index is 1.64. The number of benzene rings is 1. The van der Waals surface area contributed by atoms with Crippen molar-refractivity contribution >= 4 is 5.97 Å². The number of carbonyl (C=O) groups excluding carboxylic acids is 1. The van der Waals surface area contributed by atoms with E-state index < -0.39 is 0 Å². The fourth-order valence-corrected chi connectivity index (χ4v) is 4.71. The largest absolute Gasteiger partial charge is 0.426 e. The first-order chi connectivity index (χ1) is 14.6. The Morgan fingerprint density at radius 2 is 1.53 bits per heavy atom. The van der Waals surface area contributed by atoms with Gasteiger partial charge in [-0.2, -0.15) is 0 Å². The van der Waals surface area contributed by atoms with E-state index in [1.165, 1.54) is 76.7 Å². The molecule has 0 heterocycles. The van der Waals surface area contributed by atoms with Crippen LogP contribution < -0.4 is 4.74 Å². The Bertz CT molecular complexity index is 605. The van der Waals surface area contributed by atoms with Gasteiger partial charge in [0, 0.05) is 12.5 Å². The monoisotopic (exact) mass is 418 g/mol. The summed E-state index contributed by atoms with van der Waals surface area (Å²) in [6.07, 6.45) is 18.4. The van der Waals surface area contributed by atoms with Gasteiger partial charge in [-0.1, -0.05) is 97.0 Å². The second kappa shape index (κ2) is 14.6. The molecule has 0 aliphatic heterocycles. The second-order valence-corrected chi connectivity index (χ2v) is 9.31. The van der Waals surface area contributed by atoms with Crippen molar-refractivity contribution in [3.63, 3.8) is 0 Å². The highest BCUT2D eigenvalue weighted by Crippen LogP contribution is 2.34. The van der Waals surface area contributed by atoms with Gasteiger partial charge in [0.1, 0.15) is 11.6 Å². The van der Waals surface area contributed by atoms with E-state index in [0.717, 1.165) is 37.2 Å².